The average Bonchev–Trinajstić information content (AvgIpc) is 2.79. The molecule has 4 nitrogen and oxygen atoms in total. The van der Waals surface area contributed by atoms with E-state index in [0.29, 0.717) is 20.2 Å². The second kappa shape index (κ2) is 6.14. The average molecular weight is 488 g/mol. The van der Waals surface area contributed by atoms with Crippen molar-refractivity contribution in [3.8, 4) is 0 Å². The van der Waals surface area contributed by atoms with Gasteiger partial charge in [-0.05, 0) is 63.0 Å². The van der Waals surface area contributed by atoms with E-state index in [1.807, 2.05) is 48.0 Å². The molecule has 2 aromatic heterocycles. The summed E-state index contributed by atoms with van der Waals surface area (Å²) >= 11 is 10.2. The number of aromatic nitrogens is 2. The Hall–Kier alpha value is -1.18. The summed E-state index contributed by atoms with van der Waals surface area (Å²) in [5, 5.41) is 2.92. The van der Waals surface area contributed by atoms with E-state index in [1.54, 1.807) is 0 Å². The number of hydrogen-bond acceptors (Lipinski definition) is 2. The molecule has 1 amide bonds. The molecule has 7 heteroatoms. The number of nitrogens with one attached hydrogen (secondary N) is 1. The monoisotopic (exact) mass is 485 g/mol. The van der Waals surface area contributed by atoms with Crippen LogP contribution in [0.25, 0.3) is 5.65 Å². The fraction of sp³-hybridized carbons (Fsp3) is 0.0667. The van der Waals surface area contributed by atoms with Crippen LogP contribution in [-0.2, 0) is 0 Å². The van der Waals surface area contributed by atoms with Crippen molar-refractivity contribution in [3.63, 3.8) is 0 Å². The molecular weight excluding hydrogens is 478 g/mol. The van der Waals surface area contributed by atoms with Gasteiger partial charge >= 0.3 is 0 Å². The molecule has 0 bridgehead atoms. The Morgan fingerprint density at radius 1 is 1.23 bits per heavy atom. The third-order valence-electron chi connectivity index (χ3n) is 3.09. The number of carbonyl (C=O) groups is 1. The van der Waals surface area contributed by atoms with Gasteiger partial charge in [-0.25, -0.2) is 4.98 Å². The number of anilines is 1. The summed E-state index contributed by atoms with van der Waals surface area (Å²) in [7, 11) is 0. The minimum absolute atomic E-state index is 0.208. The molecule has 0 fully saturated rings. The number of carbonyl (C=O) groups excluding carboxylic acids is 1. The summed E-state index contributed by atoms with van der Waals surface area (Å²) in [5.41, 5.74) is 2.82. The fourth-order valence-corrected chi connectivity index (χ4v) is 4.80. The predicted molar refractivity (Wildman–Crippen MR) is 97.4 cm³/mol. The van der Waals surface area contributed by atoms with Gasteiger partial charge in [0.2, 0.25) is 0 Å². The number of fused-ring (bicyclic) bond motifs is 1. The second-order valence-corrected chi connectivity index (χ2v) is 7.36. The minimum atomic E-state index is -0.208. The molecule has 112 valence electrons. The van der Waals surface area contributed by atoms with Crippen LogP contribution in [-0.4, -0.2) is 15.3 Å². The van der Waals surface area contributed by atoms with Crippen LogP contribution in [0.5, 0.6) is 0 Å². The molecule has 3 aromatic rings. The maximum Gasteiger partial charge on any atom is 0.258 e. The second-order valence-electron chi connectivity index (χ2n) is 4.73. The third-order valence-corrected chi connectivity index (χ3v) is 4.79. The van der Waals surface area contributed by atoms with Crippen molar-refractivity contribution in [3.05, 3.63) is 61.3 Å². The Morgan fingerprint density at radius 3 is 2.59 bits per heavy atom. The Labute approximate surface area is 152 Å². The lowest BCUT2D eigenvalue weighted by Crippen LogP contribution is -2.14. The number of hydrogen-bond donors (Lipinski definition) is 1. The number of halogens is 3. The van der Waals surface area contributed by atoms with Gasteiger partial charge in [0, 0.05) is 25.8 Å². The van der Waals surface area contributed by atoms with Gasteiger partial charge in [0.05, 0.1) is 16.9 Å². The highest BCUT2D eigenvalue weighted by Crippen LogP contribution is 2.30. The zero-order chi connectivity index (χ0) is 15.9. The first kappa shape index (κ1) is 15.7. The first-order valence-electron chi connectivity index (χ1n) is 6.36. The highest BCUT2D eigenvalue weighted by molar-refractivity contribution is 9.11. The molecule has 3 rings (SSSR count). The van der Waals surface area contributed by atoms with Gasteiger partial charge in [-0.15, -0.1) is 0 Å². The molecule has 2 heterocycles. The van der Waals surface area contributed by atoms with Gasteiger partial charge in [-0.3, -0.25) is 4.79 Å². The van der Waals surface area contributed by atoms with Crippen LogP contribution in [0.3, 0.4) is 0 Å². The lowest BCUT2D eigenvalue weighted by atomic mass is 10.2. The number of amides is 1. The molecule has 0 unspecified atom stereocenters. The van der Waals surface area contributed by atoms with Gasteiger partial charge in [-0.2, -0.15) is 0 Å². The normalized spacial score (nSPS) is 10.9. The van der Waals surface area contributed by atoms with Gasteiger partial charge in [0.25, 0.3) is 5.91 Å². The molecular formula is C15H10Br3N3O. The number of imidazole rings is 1. The summed E-state index contributed by atoms with van der Waals surface area (Å²) in [4.78, 5) is 17.0. The van der Waals surface area contributed by atoms with E-state index >= 15 is 0 Å². The first-order valence-corrected chi connectivity index (χ1v) is 8.74. The van der Waals surface area contributed by atoms with Gasteiger partial charge in [0.1, 0.15) is 0 Å². The van der Waals surface area contributed by atoms with E-state index in [2.05, 4.69) is 58.1 Å². The van der Waals surface area contributed by atoms with Gasteiger partial charge < -0.3 is 9.72 Å². The minimum Gasteiger partial charge on any atom is -0.319 e. The molecule has 1 N–H and O–H groups in total. The van der Waals surface area contributed by atoms with Crippen molar-refractivity contribution < 1.29 is 4.79 Å². The highest BCUT2D eigenvalue weighted by Gasteiger charge is 2.17. The highest BCUT2D eigenvalue weighted by atomic mass is 79.9. The molecule has 0 atom stereocenters. The summed E-state index contributed by atoms with van der Waals surface area (Å²) < 4.78 is 4.18. The molecule has 1 aromatic carbocycles. The number of rotatable bonds is 2. The molecule has 0 aliphatic carbocycles. The molecule has 0 radical (unpaired) electrons. The Balaban J connectivity index is 2.00. The number of benzene rings is 1. The maximum absolute atomic E-state index is 12.6. The molecule has 22 heavy (non-hydrogen) atoms. The zero-order valence-corrected chi connectivity index (χ0v) is 16.2. The fourth-order valence-electron chi connectivity index (χ4n) is 2.18. The Morgan fingerprint density at radius 2 is 1.91 bits per heavy atom. The van der Waals surface area contributed by atoms with Crippen LogP contribution >= 0.6 is 47.8 Å². The van der Waals surface area contributed by atoms with Crippen molar-refractivity contribution in [2.45, 2.75) is 6.92 Å². The van der Waals surface area contributed by atoms with Crippen LogP contribution in [0, 0.1) is 6.92 Å². The summed E-state index contributed by atoms with van der Waals surface area (Å²) in [6.45, 7) is 1.92. The van der Waals surface area contributed by atoms with E-state index in [0.717, 1.165) is 15.8 Å². The van der Waals surface area contributed by atoms with Crippen molar-refractivity contribution in [1.29, 1.82) is 0 Å². The standard InChI is InChI=1S/C15H10Br3N3O/c1-8-7-21-4-2-3-12(14(21)19-8)20-15(22)13-10(17)5-9(16)6-11(13)18/h2-7H,1H3,(H,20,22). The molecule has 0 aliphatic rings. The molecule has 0 saturated carbocycles. The van der Waals surface area contributed by atoms with E-state index in [1.165, 1.54) is 0 Å². The Bertz CT molecular complexity index is 866. The molecule has 0 spiro atoms. The summed E-state index contributed by atoms with van der Waals surface area (Å²) in [6, 6.07) is 7.37. The zero-order valence-electron chi connectivity index (χ0n) is 11.4. The smallest absolute Gasteiger partial charge is 0.258 e. The SMILES string of the molecule is Cc1cn2cccc(NC(=O)c3c(Br)cc(Br)cc3Br)c2n1. The van der Waals surface area contributed by atoms with Gasteiger partial charge in [-0.1, -0.05) is 15.9 Å². The quantitative estimate of drug-likeness (QED) is 0.541. The number of aryl methyl sites for hydroxylation is 1. The van der Waals surface area contributed by atoms with Crippen LogP contribution in [0.1, 0.15) is 16.1 Å². The van der Waals surface area contributed by atoms with E-state index in [-0.39, 0.29) is 5.91 Å². The maximum atomic E-state index is 12.6. The van der Waals surface area contributed by atoms with Crippen LogP contribution in [0.15, 0.2) is 50.1 Å². The first-order chi connectivity index (χ1) is 10.5. The van der Waals surface area contributed by atoms with Crippen molar-refractivity contribution >= 4 is 65.0 Å². The third kappa shape index (κ3) is 2.98. The topological polar surface area (TPSA) is 46.4 Å². The molecule has 0 aliphatic heterocycles. The molecule has 0 saturated heterocycles. The lowest BCUT2D eigenvalue weighted by molar-refractivity contribution is 0.102. The van der Waals surface area contributed by atoms with E-state index < -0.39 is 0 Å². The summed E-state index contributed by atoms with van der Waals surface area (Å²) in [6.07, 6.45) is 3.81. The number of pyridine rings is 1. The van der Waals surface area contributed by atoms with Crippen molar-refractivity contribution in [2.24, 2.45) is 0 Å². The van der Waals surface area contributed by atoms with Gasteiger partial charge in [0.15, 0.2) is 5.65 Å². The van der Waals surface area contributed by atoms with E-state index in [9.17, 15) is 4.79 Å². The lowest BCUT2D eigenvalue weighted by Gasteiger charge is -2.10. The van der Waals surface area contributed by atoms with Crippen molar-refractivity contribution in [1.82, 2.24) is 9.38 Å². The van der Waals surface area contributed by atoms with E-state index in [4.69, 9.17) is 0 Å². The number of nitrogens with zero attached hydrogens (tertiary/aromatic N) is 2. The van der Waals surface area contributed by atoms with Crippen LogP contribution < -0.4 is 5.32 Å². The Kier molecular flexibility index (Phi) is 4.38. The van der Waals surface area contributed by atoms with Crippen LogP contribution in [0.4, 0.5) is 5.69 Å². The van der Waals surface area contributed by atoms with Crippen LogP contribution in [0.2, 0.25) is 0 Å². The predicted octanol–water partition coefficient (Wildman–Crippen LogP) is 5.18. The largest absolute Gasteiger partial charge is 0.319 e. The summed E-state index contributed by atoms with van der Waals surface area (Å²) in [5.74, 6) is -0.208. The van der Waals surface area contributed by atoms with Crippen molar-refractivity contribution in [2.75, 3.05) is 5.32 Å².